The Morgan fingerprint density at radius 3 is 2.90 bits per heavy atom. The van der Waals surface area contributed by atoms with E-state index < -0.39 is 0 Å². The van der Waals surface area contributed by atoms with Crippen molar-refractivity contribution in [3.63, 3.8) is 0 Å². The lowest BCUT2D eigenvalue weighted by molar-refractivity contribution is -0.121. The summed E-state index contributed by atoms with van der Waals surface area (Å²) in [6.45, 7) is 6.98. The molecule has 1 aromatic rings. The molecule has 0 aromatic carbocycles. The molecule has 2 atom stereocenters. The van der Waals surface area contributed by atoms with Crippen LogP contribution >= 0.6 is 0 Å². The molecule has 1 aromatic heterocycles. The van der Waals surface area contributed by atoms with Gasteiger partial charge in [-0.2, -0.15) is 5.10 Å². The average molecular weight is 290 g/mol. The summed E-state index contributed by atoms with van der Waals surface area (Å²) in [5.41, 5.74) is 4.07. The second kappa shape index (κ2) is 6.78. The molecule has 0 radical (unpaired) electrons. The number of amides is 1. The van der Waals surface area contributed by atoms with E-state index in [2.05, 4.69) is 36.5 Å². The first-order chi connectivity index (χ1) is 9.99. The summed E-state index contributed by atoms with van der Waals surface area (Å²) >= 11 is 0. The Balaban J connectivity index is 1.91. The van der Waals surface area contributed by atoms with Gasteiger partial charge in [-0.05, 0) is 46.0 Å². The lowest BCUT2D eigenvalue weighted by atomic mass is 9.81. The molecule has 5 nitrogen and oxygen atoms in total. The van der Waals surface area contributed by atoms with Gasteiger partial charge in [-0.1, -0.05) is 11.1 Å². The van der Waals surface area contributed by atoms with Gasteiger partial charge in [0.05, 0.1) is 11.9 Å². The highest BCUT2D eigenvalue weighted by molar-refractivity contribution is 5.75. The van der Waals surface area contributed by atoms with Gasteiger partial charge in [-0.25, -0.2) is 0 Å². The van der Waals surface area contributed by atoms with Crippen molar-refractivity contribution in [3.05, 3.63) is 23.5 Å². The molecular formula is C16H26N4O. The van der Waals surface area contributed by atoms with Crippen LogP contribution in [0.1, 0.15) is 40.0 Å². The molecule has 1 amide bonds. The van der Waals surface area contributed by atoms with E-state index in [4.69, 9.17) is 0 Å². The summed E-state index contributed by atoms with van der Waals surface area (Å²) in [6.07, 6.45) is 7.30. The van der Waals surface area contributed by atoms with E-state index in [0.717, 1.165) is 5.69 Å². The molecule has 0 unspecified atom stereocenters. The summed E-state index contributed by atoms with van der Waals surface area (Å²) in [7, 11) is 1.63. The van der Waals surface area contributed by atoms with Crippen LogP contribution in [0.3, 0.4) is 0 Å². The highest BCUT2D eigenvalue weighted by Crippen LogP contribution is 2.31. The van der Waals surface area contributed by atoms with Gasteiger partial charge in [0.25, 0.3) is 0 Å². The van der Waals surface area contributed by atoms with Crippen molar-refractivity contribution in [2.75, 3.05) is 12.4 Å². The lowest BCUT2D eigenvalue weighted by Crippen LogP contribution is -2.28. The molecule has 116 valence electrons. The summed E-state index contributed by atoms with van der Waals surface area (Å²) < 4.78 is 1.66. The van der Waals surface area contributed by atoms with Crippen molar-refractivity contribution in [2.24, 2.45) is 5.92 Å². The minimum absolute atomic E-state index is 0.0405. The van der Waals surface area contributed by atoms with Crippen LogP contribution in [0, 0.1) is 5.92 Å². The van der Waals surface area contributed by atoms with Gasteiger partial charge < -0.3 is 10.6 Å². The fourth-order valence-corrected chi connectivity index (χ4v) is 2.84. The zero-order valence-corrected chi connectivity index (χ0v) is 13.4. The number of nitrogens with one attached hydrogen (secondary N) is 2. The predicted molar refractivity (Wildman–Crippen MR) is 85.1 cm³/mol. The van der Waals surface area contributed by atoms with Gasteiger partial charge in [-0.15, -0.1) is 0 Å². The Morgan fingerprint density at radius 2 is 2.24 bits per heavy atom. The Kier molecular flexibility index (Phi) is 5.04. The second-order valence-corrected chi connectivity index (χ2v) is 6.10. The molecule has 0 bridgehead atoms. The molecule has 1 heterocycles. The number of nitrogens with zero attached hydrogens (tertiary/aromatic N) is 2. The second-order valence-electron chi connectivity index (χ2n) is 6.10. The SMILES string of the molecule is CNC(=O)Cn1cc(N[C@H](C)[C@H]2CCC(C)=C(C)C2)cn1. The molecular weight excluding hydrogens is 264 g/mol. The minimum atomic E-state index is -0.0405. The molecule has 1 aliphatic rings. The van der Waals surface area contributed by atoms with E-state index in [1.165, 1.54) is 24.8 Å². The van der Waals surface area contributed by atoms with Crippen LogP contribution < -0.4 is 10.6 Å². The van der Waals surface area contributed by atoms with Gasteiger partial charge in [0.1, 0.15) is 6.54 Å². The number of likely N-dealkylation sites (N-methyl/N-ethyl adjacent to an activating group) is 1. The van der Waals surface area contributed by atoms with E-state index in [9.17, 15) is 4.79 Å². The van der Waals surface area contributed by atoms with Crippen LogP contribution in [0.4, 0.5) is 5.69 Å². The van der Waals surface area contributed by atoms with Crippen molar-refractivity contribution in [2.45, 2.75) is 52.6 Å². The molecule has 0 saturated heterocycles. The van der Waals surface area contributed by atoms with Crippen molar-refractivity contribution in [1.29, 1.82) is 0 Å². The van der Waals surface area contributed by atoms with Crippen LogP contribution in [-0.2, 0) is 11.3 Å². The Labute approximate surface area is 126 Å². The first kappa shape index (κ1) is 15.6. The summed E-state index contributed by atoms with van der Waals surface area (Å²) in [4.78, 5) is 11.3. The zero-order valence-electron chi connectivity index (χ0n) is 13.4. The molecule has 21 heavy (non-hydrogen) atoms. The molecule has 1 aliphatic carbocycles. The van der Waals surface area contributed by atoms with E-state index in [0.29, 0.717) is 12.0 Å². The number of rotatable bonds is 5. The topological polar surface area (TPSA) is 59.0 Å². The number of hydrogen-bond donors (Lipinski definition) is 2. The number of carbonyl (C=O) groups excluding carboxylic acids is 1. The lowest BCUT2D eigenvalue weighted by Gasteiger charge is -2.30. The fourth-order valence-electron chi connectivity index (χ4n) is 2.84. The molecule has 5 heteroatoms. The summed E-state index contributed by atoms with van der Waals surface area (Å²) in [6, 6.07) is 0.408. The maximum atomic E-state index is 11.3. The quantitative estimate of drug-likeness (QED) is 0.819. The summed E-state index contributed by atoms with van der Waals surface area (Å²) in [5, 5.41) is 10.3. The van der Waals surface area contributed by atoms with E-state index in [1.807, 2.05) is 6.20 Å². The number of anilines is 1. The largest absolute Gasteiger partial charge is 0.380 e. The minimum Gasteiger partial charge on any atom is -0.380 e. The van der Waals surface area contributed by atoms with Crippen LogP contribution in [0.25, 0.3) is 0 Å². The van der Waals surface area contributed by atoms with Gasteiger partial charge in [0.2, 0.25) is 5.91 Å². The van der Waals surface area contributed by atoms with Gasteiger partial charge in [0.15, 0.2) is 0 Å². The normalized spacial score (nSPS) is 20.3. The smallest absolute Gasteiger partial charge is 0.241 e. The molecule has 0 fully saturated rings. The molecule has 2 rings (SSSR count). The van der Waals surface area contributed by atoms with Gasteiger partial charge >= 0.3 is 0 Å². The van der Waals surface area contributed by atoms with Crippen molar-refractivity contribution in [3.8, 4) is 0 Å². The third-order valence-electron chi connectivity index (χ3n) is 4.51. The third kappa shape index (κ3) is 4.09. The fraction of sp³-hybridized carbons (Fsp3) is 0.625. The van der Waals surface area contributed by atoms with Crippen molar-refractivity contribution < 1.29 is 4.79 Å². The first-order valence-corrected chi connectivity index (χ1v) is 7.64. The highest BCUT2D eigenvalue weighted by atomic mass is 16.1. The standard InChI is InChI=1S/C16H26N4O/c1-11-5-6-14(7-12(11)2)13(3)19-15-8-18-20(9-15)10-16(21)17-4/h8-9,13-14,19H,5-7,10H2,1-4H3,(H,17,21)/t13-,14+/m1/s1. The first-order valence-electron chi connectivity index (χ1n) is 7.64. The van der Waals surface area contributed by atoms with Crippen LogP contribution in [-0.4, -0.2) is 28.8 Å². The number of allylic oxidation sites excluding steroid dienone is 2. The van der Waals surface area contributed by atoms with E-state index >= 15 is 0 Å². The maximum Gasteiger partial charge on any atom is 0.241 e. The van der Waals surface area contributed by atoms with Gasteiger partial charge in [0, 0.05) is 19.3 Å². The van der Waals surface area contributed by atoms with Crippen molar-refractivity contribution >= 4 is 11.6 Å². The Bertz CT molecular complexity index is 532. The van der Waals surface area contributed by atoms with Crippen LogP contribution in [0.15, 0.2) is 23.5 Å². The summed E-state index contributed by atoms with van der Waals surface area (Å²) in [5.74, 6) is 0.622. The Morgan fingerprint density at radius 1 is 1.48 bits per heavy atom. The van der Waals surface area contributed by atoms with E-state index in [-0.39, 0.29) is 12.5 Å². The number of carbonyl (C=O) groups is 1. The molecule has 0 saturated carbocycles. The number of hydrogen-bond acceptors (Lipinski definition) is 3. The number of aromatic nitrogens is 2. The molecule has 0 aliphatic heterocycles. The third-order valence-corrected chi connectivity index (χ3v) is 4.51. The van der Waals surface area contributed by atoms with Crippen LogP contribution in [0.5, 0.6) is 0 Å². The molecule has 0 spiro atoms. The van der Waals surface area contributed by atoms with Crippen molar-refractivity contribution in [1.82, 2.24) is 15.1 Å². The maximum absolute atomic E-state index is 11.3. The monoisotopic (exact) mass is 290 g/mol. The Hall–Kier alpha value is -1.78. The highest BCUT2D eigenvalue weighted by Gasteiger charge is 2.22. The zero-order chi connectivity index (χ0) is 15.4. The average Bonchev–Trinajstić information content (AvgIpc) is 2.88. The van der Waals surface area contributed by atoms with Gasteiger partial charge in [-0.3, -0.25) is 9.48 Å². The van der Waals surface area contributed by atoms with E-state index in [1.54, 1.807) is 23.5 Å². The molecule has 2 N–H and O–H groups in total. The predicted octanol–water partition coefficient (Wildman–Crippen LogP) is 2.57. The van der Waals surface area contributed by atoms with Crippen LogP contribution in [0.2, 0.25) is 0 Å².